The number of ether oxygens (including phenoxy) is 1. The number of carbonyl (C=O) groups excluding carboxylic acids is 1. The van der Waals surface area contributed by atoms with Gasteiger partial charge in [-0.2, -0.15) is 5.10 Å². The van der Waals surface area contributed by atoms with Crippen LogP contribution in [0.25, 0.3) is 5.69 Å². The van der Waals surface area contributed by atoms with Gasteiger partial charge >= 0.3 is 0 Å². The lowest BCUT2D eigenvalue weighted by Gasteiger charge is -2.14. The number of amides is 1. The van der Waals surface area contributed by atoms with Crippen molar-refractivity contribution in [1.82, 2.24) is 25.1 Å². The van der Waals surface area contributed by atoms with E-state index in [2.05, 4.69) is 27.3 Å². The molecule has 0 saturated carbocycles. The van der Waals surface area contributed by atoms with E-state index in [0.29, 0.717) is 18.7 Å². The van der Waals surface area contributed by atoms with Crippen LogP contribution in [-0.4, -0.2) is 32.8 Å². The third kappa shape index (κ3) is 4.54. The number of nitrogens with zero attached hydrogens (tertiary/aromatic N) is 4. The van der Waals surface area contributed by atoms with E-state index < -0.39 is 0 Å². The third-order valence-electron chi connectivity index (χ3n) is 4.39. The fraction of sp³-hybridized carbons (Fsp3) is 0.333. The van der Waals surface area contributed by atoms with Gasteiger partial charge in [0.05, 0.1) is 19.3 Å². The Balaban J connectivity index is 1.94. The highest BCUT2D eigenvalue weighted by molar-refractivity contribution is 5.72. The first-order valence-electron chi connectivity index (χ1n) is 9.28. The van der Waals surface area contributed by atoms with E-state index in [9.17, 15) is 4.79 Å². The van der Waals surface area contributed by atoms with Crippen molar-refractivity contribution in [3.05, 3.63) is 65.0 Å². The molecule has 0 saturated heterocycles. The monoisotopic (exact) mass is 379 g/mol. The summed E-state index contributed by atoms with van der Waals surface area (Å²) in [4.78, 5) is 20.5. The Bertz CT molecular complexity index is 981. The molecule has 3 rings (SSSR count). The van der Waals surface area contributed by atoms with E-state index in [0.717, 1.165) is 40.6 Å². The van der Waals surface area contributed by atoms with Gasteiger partial charge in [-0.3, -0.25) is 4.79 Å². The van der Waals surface area contributed by atoms with Crippen LogP contribution in [0.5, 0.6) is 5.75 Å². The Morgan fingerprint density at radius 2 is 2.04 bits per heavy atom. The molecule has 1 N–H and O–H groups in total. The first-order chi connectivity index (χ1) is 13.5. The van der Waals surface area contributed by atoms with Gasteiger partial charge in [0.15, 0.2) is 0 Å². The number of hydrogen-bond acceptors (Lipinski definition) is 5. The highest BCUT2D eigenvalue weighted by Crippen LogP contribution is 2.26. The zero-order valence-corrected chi connectivity index (χ0v) is 16.7. The summed E-state index contributed by atoms with van der Waals surface area (Å²) in [6.07, 6.45) is 3.21. The molecule has 7 nitrogen and oxygen atoms in total. The second-order valence-electron chi connectivity index (χ2n) is 6.60. The Morgan fingerprint density at radius 3 is 2.75 bits per heavy atom. The minimum absolute atomic E-state index is 0.0863. The van der Waals surface area contributed by atoms with E-state index >= 15 is 0 Å². The highest BCUT2D eigenvalue weighted by atomic mass is 16.5. The molecule has 0 bridgehead atoms. The predicted molar refractivity (Wildman–Crippen MR) is 107 cm³/mol. The van der Waals surface area contributed by atoms with Crippen molar-refractivity contribution >= 4 is 5.91 Å². The summed E-state index contributed by atoms with van der Waals surface area (Å²) >= 11 is 0. The van der Waals surface area contributed by atoms with Crippen LogP contribution in [-0.2, 0) is 24.2 Å². The predicted octanol–water partition coefficient (Wildman–Crippen LogP) is 2.77. The van der Waals surface area contributed by atoms with Crippen molar-refractivity contribution in [1.29, 1.82) is 0 Å². The first-order valence-corrected chi connectivity index (χ1v) is 9.28. The molecule has 146 valence electrons. The normalized spacial score (nSPS) is 10.7. The van der Waals surface area contributed by atoms with Crippen LogP contribution in [0.2, 0.25) is 0 Å². The molecule has 0 aliphatic carbocycles. The molecule has 0 atom stereocenters. The molecular weight excluding hydrogens is 354 g/mol. The molecule has 2 heterocycles. The van der Waals surface area contributed by atoms with Crippen LogP contribution in [0.4, 0.5) is 0 Å². The van der Waals surface area contributed by atoms with Gasteiger partial charge in [-0.15, -0.1) is 0 Å². The maximum Gasteiger partial charge on any atom is 0.217 e. The maximum absolute atomic E-state index is 11.3. The molecule has 0 radical (unpaired) electrons. The SMILES string of the molecule is CCc1cc(C)nc(Cc2ccc(OC)c(-n3nccc3CNC(C)=O)c2)n1. The third-order valence-corrected chi connectivity index (χ3v) is 4.39. The number of nitrogens with one attached hydrogen (secondary N) is 1. The smallest absolute Gasteiger partial charge is 0.217 e. The molecule has 0 unspecified atom stereocenters. The Hall–Kier alpha value is -3.22. The Morgan fingerprint density at radius 1 is 1.21 bits per heavy atom. The zero-order chi connectivity index (χ0) is 20.1. The Labute approximate surface area is 164 Å². The number of aryl methyl sites for hydroxylation is 2. The molecular formula is C21H25N5O2. The average Bonchev–Trinajstić information content (AvgIpc) is 3.14. The molecule has 0 aliphatic rings. The number of aromatic nitrogens is 4. The second kappa shape index (κ2) is 8.65. The van der Waals surface area contributed by atoms with Crippen LogP contribution in [0.3, 0.4) is 0 Å². The molecule has 3 aromatic rings. The van der Waals surface area contributed by atoms with E-state index in [1.165, 1.54) is 6.92 Å². The van der Waals surface area contributed by atoms with E-state index in [-0.39, 0.29) is 5.91 Å². The summed E-state index contributed by atoms with van der Waals surface area (Å²) < 4.78 is 7.32. The summed E-state index contributed by atoms with van der Waals surface area (Å²) in [5.41, 5.74) is 4.75. The quantitative estimate of drug-likeness (QED) is 0.683. The summed E-state index contributed by atoms with van der Waals surface area (Å²) in [7, 11) is 1.63. The summed E-state index contributed by atoms with van der Waals surface area (Å²) in [5.74, 6) is 1.42. The van der Waals surface area contributed by atoms with Crippen molar-refractivity contribution in [3.8, 4) is 11.4 Å². The molecule has 1 amide bonds. The first kappa shape index (κ1) is 19.5. The lowest BCUT2D eigenvalue weighted by atomic mass is 10.1. The molecule has 1 aromatic carbocycles. The van der Waals surface area contributed by atoms with Crippen LogP contribution in [0.15, 0.2) is 36.5 Å². The highest BCUT2D eigenvalue weighted by Gasteiger charge is 2.13. The van der Waals surface area contributed by atoms with Crippen LogP contribution >= 0.6 is 0 Å². The molecule has 0 spiro atoms. The lowest BCUT2D eigenvalue weighted by Crippen LogP contribution is -2.21. The second-order valence-corrected chi connectivity index (χ2v) is 6.60. The number of methoxy groups -OCH3 is 1. The summed E-state index contributed by atoms with van der Waals surface area (Å²) in [6, 6.07) is 9.85. The molecule has 0 aliphatic heterocycles. The molecule has 28 heavy (non-hydrogen) atoms. The van der Waals surface area contributed by atoms with Crippen LogP contribution < -0.4 is 10.1 Å². The Kier molecular flexibility index (Phi) is 6.03. The zero-order valence-electron chi connectivity index (χ0n) is 16.7. The molecule has 2 aromatic heterocycles. The standard InChI is InChI=1S/C21H25N5O2/c1-5-17-10-14(2)24-21(25-17)12-16-6-7-20(28-4)19(11-16)26-18(8-9-23-26)13-22-15(3)27/h6-11H,5,12-13H2,1-4H3,(H,22,27). The minimum Gasteiger partial charge on any atom is -0.494 e. The maximum atomic E-state index is 11.3. The number of carbonyl (C=O) groups is 1. The van der Waals surface area contributed by atoms with E-state index in [4.69, 9.17) is 4.74 Å². The van der Waals surface area contributed by atoms with Crippen molar-refractivity contribution in [2.24, 2.45) is 0 Å². The van der Waals surface area contributed by atoms with Gasteiger partial charge < -0.3 is 10.1 Å². The fourth-order valence-corrected chi connectivity index (χ4v) is 3.05. The summed E-state index contributed by atoms with van der Waals surface area (Å²) in [6.45, 7) is 5.96. The van der Waals surface area contributed by atoms with Crippen LogP contribution in [0.1, 0.15) is 42.3 Å². The summed E-state index contributed by atoms with van der Waals surface area (Å²) in [5, 5.41) is 7.23. The molecule has 0 fully saturated rings. The van der Waals surface area contributed by atoms with Crippen molar-refractivity contribution in [3.63, 3.8) is 0 Å². The largest absolute Gasteiger partial charge is 0.494 e. The van der Waals surface area contributed by atoms with E-state index in [1.807, 2.05) is 37.3 Å². The number of hydrogen-bond donors (Lipinski definition) is 1. The van der Waals surface area contributed by atoms with Crippen molar-refractivity contribution in [2.75, 3.05) is 7.11 Å². The van der Waals surface area contributed by atoms with Gasteiger partial charge in [0.25, 0.3) is 0 Å². The van der Waals surface area contributed by atoms with Crippen LogP contribution in [0, 0.1) is 6.92 Å². The van der Waals surface area contributed by atoms with Crippen molar-refractivity contribution < 1.29 is 9.53 Å². The number of benzene rings is 1. The minimum atomic E-state index is -0.0863. The molecule has 7 heteroatoms. The van der Waals surface area contributed by atoms with Gasteiger partial charge in [-0.05, 0) is 43.2 Å². The van der Waals surface area contributed by atoms with Crippen molar-refractivity contribution in [2.45, 2.75) is 40.2 Å². The average molecular weight is 379 g/mol. The van der Waals surface area contributed by atoms with Gasteiger partial charge in [0.2, 0.25) is 5.91 Å². The van der Waals surface area contributed by atoms with Gasteiger partial charge in [-0.1, -0.05) is 13.0 Å². The number of rotatable bonds is 7. The van der Waals surface area contributed by atoms with Gasteiger partial charge in [-0.25, -0.2) is 14.6 Å². The van der Waals surface area contributed by atoms with E-state index in [1.54, 1.807) is 18.0 Å². The van der Waals surface area contributed by atoms with Gasteiger partial charge in [0.1, 0.15) is 17.3 Å². The fourth-order valence-electron chi connectivity index (χ4n) is 3.05. The van der Waals surface area contributed by atoms with Gasteiger partial charge in [0, 0.05) is 30.9 Å². The topological polar surface area (TPSA) is 81.9 Å². The lowest BCUT2D eigenvalue weighted by molar-refractivity contribution is -0.119.